The van der Waals surface area contributed by atoms with Crippen LogP contribution in [0.25, 0.3) is 6.08 Å². The normalized spacial score (nSPS) is 14.1. The van der Waals surface area contributed by atoms with Gasteiger partial charge in [-0.1, -0.05) is 53.3 Å². The molecule has 0 radical (unpaired) electrons. The molecule has 0 saturated heterocycles. The second-order valence-electron chi connectivity index (χ2n) is 11.0. The molecule has 2 heterocycles. The van der Waals surface area contributed by atoms with Crippen molar-refractivity contribution in [2.45, 2.75) is 40.3 Å². The van der Waals surface area contributed by atoms with Crippen LogP contribution in [0.3, 0.4) is 0 Å². The number of esters is 2. The zero-order valence-corrected chi connectivity index (χ0v) is 29.1. The summed E-state index contributed by atoms with van der Waals surface area (Å²) in [5.74, 6) is 0.593. The Labute approximate surface area is 287 Å². The average molecular weight is 687 g/mol. The number of thiazole rings is 1. The van der Waals surface area contributed by atoms with E-state index in [1.807, 2.05) is 44.2 Å². The molecule has 1 aliphatic heterocycles. The van der Waals surface area contributed by atoms with Crippen molar-refractivity contribution >= 4 is 29.4 Å². The molecule has 5 rings (SSSR count). The Bertz CT molecular complexity index is 2060. The third-order valence-corrected chi connectivity index (χ3v) is 8.66. The summed E-state index contributed by atoms with van der Waals surface area (Å²) >= 11 is 1.21. The fourth-order valence-corrected chi connectivity index (χ4v) is 6.32. The van der Waals surface area contributed by atoms with Crippen LogP contribution in [0.4, 0.5) is 0 Å². The van der Waals surface area contributed by atoms with E-state index in [4.69, 9.17) is 23.7 Å². The van der Waals surface area contributed by atoms with Crippen LogP contribution in [0.2, 0.25) is 0 Å². The zero-order valence-electron chi connectivity index (χ0n) is 28.2. The number of aryl methyl sites for hydroxylation is 1. The summed E-state index contributed by atoms with van der Waals surface area (Å²) in [7, 11) is 2.83. The fraction of sp³-hybridized carbons (Fsp3) is 0.297. The molecule has 11 nitrogen and oxygen atoms in total. The number of ether oxygens (including phenoxy) is 6. The average Bonchev–Trinajstić information content (AvgIpc) is 3.40. The van der Waals surface area contributed by atoms with Gasteiger partial charge >= 0.3 is 11.9 Å². The van der Waals surface area contributed by atoms with Gasteiger partial charge in [0.05, 0.1) is 49.3 Å². The second-order valence-corrected chi connectivity index (χ2v) is 12.0. The lowest BCUT2D eigenvalue weighted by molar-refractivity contribution is -0.143. The van der Waals surface area contributed by atoms with Gasteiger partial charge in [-0.2, -0.15) is 0 Å². The van der Waals surface area contributed by atoms with Crippen molar-refractivity contribution in [3.8, 4) is 23.0 Å². The van der Waals surface area contributed by atoms with E-state index >= 15 is 0 Å². The highest BCUT2D eigenvalue weighted by Crippen LogP contribution is 2.36. The lowest BCUT2D eigenvalue weighted by Crippen LogP contribution is -2.40. The van der Waals surface area contributed by atoms with Crippen LogP contribution >= 0.6 is 11.3 Å². The topological polar surface area (TPSA) is 124 Å². The summed E-state index contributed by atoms with van der Waals surface area (Å²) in [6, 6.07) is 17.7. The highest BCUT2D eigenvalue weighted by molar-refractivity contribution is 7.07. The number of nitrogens with zero attached hydrogens (tertiary/aromatic N) is 2. The molecule has 0 saturated carbocycles. The van der Waals surface area contributed by atoms with E-state index in [1.54, 1.807) is 57.4 Å². The van der Waals surface area contributed by atoms with Gasteiger partial charge in [0.2, 0.25) is 0 Å². The first-order valence-corrected chi connectivity index (χ1v) is 16.5. The highest BCUT2D eigenvalue weighted by Gasteiger charge is 2.34. The molecule has 1 aliphatic rings. The minimum atomic E-state index is -0.876. The van der Waals surface area contributed by atoms with Crippen LogP contribution in [-0.2, 0) is 25.7 Å². The Kier molecular flexibility index (Phi) is 11.2. The molecular weight excluding hydrogens is 648 g/mol. The number of carbonyl (C=O) groups excluding carboxylic acids is 2. The number of carbonyl (C=O) groups is 2. The van der Waals surface area contributed by atoms with Crippen molar-refractivity contribution in [2.75, 3.05) is 34.0 Å². The van der Waals surface area contributed by atoms with Gasteiger partial charge in [0, 0.05) is 0 Å². The maximum atomic E-state index is 14.2. The van der Waals surface area contributed by atoms with Gasteiger partial charge in [-0.3, -0.25) is 9.36 Å². The molecule has 1 aromatic heterocycles. The molecule has 3 aromatic carbocycles. The van der Waals surface area contributed by atoms with Gasteiger partial charge < -0.3 is 28.4 Å². The monoisotopic (exact) mass is 686 g/mol. The quantitative estimate of drug-likeness (QED) is 0.185. The van der Waals surface area contributed by atoms with Gasteiger partial charge in [-0.15, -0.1) is 0 Å². The van der Waals surface area contributed by atoms with Crippen molar-refractivity contribution < 1.29 is 38.0 Å². The van der Waals surface area contributed by atoms with Crippen LogP contribution < -0.4 is 33.8 Å². The summed E-state index contributed by atoms with van der Waals surface area (Å²) in [6.45, 7) is 7.78. The summed E-state index contributed by atoms with van der Waals surface area (Å²) in [5.41, 5.74) is 3.79. The lowest BCUT2D eigenvalue weighted by Gasteiger charge is -2.25. The standard InChI is InChI=1S/C37H38N2O9S/c1-7-45-30-19-26(14-16-28(30)48-21-32(40)44-6)34-33(36(42)46-8-2)23(4)38-37-39(34)35(41)31(49-37)18-25-13-15-27(29(17-25)43-5)47-20-24-11-9-22(3)10-12-24/h9-19,34H,7-8,20-21H2,1-6H3/b31-18-/t34-/m1/s1. The van der Waals surface area contributed by atoms with E-state index in [2.05, 4.69) is 9.73 Å². The van der Waals surface area contributed by atoms with Crippen LogP contribution in [0, 0.1) is 6.92 Å². The third-order valence-electron chi connectivity index (χ3n) is 7.67. The molecule has 0 N–H and O–H groups in total. The van der Waals surface area contributed by atoms with Crippen molar-refractivity contribution in [2.24, 2.45) is 4.99 Å². The van der Waals surface area contributed by atoms with Crippen LogP contribution in [0.5, 0.6) is 23.0 Å². The summed E-state index contributed by atoms with van der Waals surface area (Å²) in [4.78, 5) is 44.3. The molecule has 0 aliphatic carbocycles. The molecule has 0 fully saturated rings. The van der Waals surface area contributed by atoms with E-state index in [1.165, 1.54) is 28.6 Å². The number of hydrogen-bond acceptors (Lipinski definition) is 11. The molecule has 12 heteroatoms. The van der Waals surface area contributed by atoms with Crippen molar-refractivity contribution in [1.29, 1.82) is 0 Å². The van der Waals surface area contributed by atoms with Gasteiger partial charge in [-0.25, -0.2) is 14.6 Å². The number of rotatable bonds is 13. The Morgan fingerprint density at radius 1 is 0.878 bits per heavy atom. The number of hydrogen-bond donors (Lipinski definition) is 0. The highest BCUT2D eigenvalue weighted by atomic mass is 32.1. The zero-order chi connectivity index (χ0) is 35.1. The minimum Gasteiger partial charge on any atom is -0.493 e. The molecule has 49 heavy (non-hydrogen) atoms. The predicted octanol–water partition coefficient (Wildman–Crippen LogP) is 4.64. The molecular formula is C37H38N2O9S. The van der Waals surface area contributed by atoms with Gasteiger partial charge in [0.25, 0.3) is 5.56 Å². The number of benzene rings is 3. The molecule has 0 bridgehead atoms. The first-order valence-electron chi connectivity index (χ1n) is 15.7. The summed E-state index contributed by atoms with van der Waals surface area (Å²) in [6.07, 6.45) is 1.76. The van der Waals surface area contributed by atoms with Crippen LogP contribution in [0.1, 0.15) is 49.1 Å². The third kappa shape index (κ3) is 7.86. The molecule has 256 valence electrons. The maximum absolute atomic E-state index is 14.2. The van der Waals surface area contributed by atoms with Crippen molar-refractivity contribution in [3.63, 3.8) is 0 Å². The van der Waals surface area contributed by atoms with Crippen LogP contribution in [0.15, 0.2) is 81.7 Å². The minimum absolute atomic E-state index is 0.143. The molecule has 0 spiro atoms. The number of fused-ring (bicyclic) bond motifs is 1. The van der Waals surface area contributed by atoms with Gasteiger partial charge in [0.15, 0.2) is 34.4 Å². The van der Waals surface area contributed by atoms with E-state index in [9.17, 15) is 14.4 Å². The second kappa shape index (κ2) is 15.7. The molecule has 0 unspecified atom stereocenters. The number of aromatic nitrogens is 1. The Morgan fingerprint density at radius 2 is 1.61 bits per heavy atom. The van der Waals surface area contributed by atoms with Crippen LogP contribution in [-0.4, -0.2) is 50.5 Å². The van der Waals surface area contributed by atoms with Crippen molar-refractivity contribution in [3.05, 3.63) is 114 Å². The Hall–Kier alpha value is -5.36. The number of allylic oxidation sites excluding steroid dienone is 1. The van der Waals surface area contributed by atoms with E-state index in [-0.39, 0.29) is 24.3 Å². The SMILES string of the molecule is CCOC(=O)C1=C(C)N=c2s/c(=C\c3ccc(OCc4ccc(C)cc4)c(OC)c3)c(=O)n2[C@@H]1c1ccc(OCC(=O)OC)c(OCC)c1. The largest absolute Gasteiger partial charge is 0.493 e. The summed E-state index contributed by atoms with van der Waals surface area (Å²) < 4.78 is 35.1. The maximum Gasteiger partial charge on any atom is 0.343 e. The number of methoxy groups -OCH3 is 2. The van der Waals surface area contributed by atoms with Gasteiger partial charge in [-0.05, 0) is 74.7 Å². The molecule has 0 amide bonds. The van der Waals surface area contributed by atoms with E-state index in [0.717, 1.165) is 5.56 Å². The first-order chi connectivity index (χ1) is 23.7. The first kappa shape index (κ1) is 35.0. The summed E-state index contributed by atoms with van der Waals surface area (Å²) in [5, 5.41) is 0. The lowest BCUT2D eigenvalue weighted by atomic mass is 9.95. The predicted molar refractivity (Wildman–Crippen MR) is 184 cm³/mol. The van der Waals surface area contributed by atoms with E-state index < -0.39 is 18.0 Å². The molecule has 1 atom stereocenters. The van der Waals surface area contributed by atoms with Gasteiger partial charge in [0.1, 0.15) is 6.61 Å². The Morgan fingerprint density at radius 3 is 2.31 bits per heavy atom. The smallest absolute Gasteiger partial charge is 0.343 e. The molecule has 4 aromatic rings. The van der Waals surface area contributed by atoms with E-state index in [0.29, 0.717) is 62.4 Å². The Balaban J connectivity index is 1.55. The fourth-order valence-electron chi connectivity index (χ4n) is 5.27. The van der Waals surface area contributed by atoms with Crippen molar-refractivity contribution in [1.82, 2.24) is 4.57 Å².